The molecule has 1 aliphatic carbocycles. The van der Waals surface area contributed by atoms with E-state index in [1.165, 1.54) is 12.8 Å². The fraction of sp³-hybridized carbons (Fsp3) is 1.00. The van der Waals surface area contributed by atoms with E-state index in [4.69, 9.17) is 5.84 Å². The van der Waals surface area contributed by atoms with Crippen LogP contribution in [0.3, 0.4) is 0 Å². The minimum absolute atomic E-state index is 0.242. The highest BCUT2D eigenvalue weighted by atomic mass is 32.2. The molecule has 1 aliphatic rings. The van der Waals surface area contributed by atoms with E-state index in [2.05, 4.69) is 12.3 Å². The van der Waals surface area contributed by atoms with Gasteiger partial charge in [0.2, 0.25) is 0 Å². The minimum Gasteiger partial charge on any atom is -0.271 e. The predicted molar refractivity (Wildman–Crippen MR) is 66.6 cm³/mol. The SMILES string of the molecule is CCS(=O)(=O)CCCC(NN)C(C)C1CC1. The zero-order valence-corrected chi connectivity index (χ0v) is 11.1. The van der Waals surface area contributed by atoms with Gasteiger partial charge < -0.3 is 0 Å². The highest BCUT2D eigenvalue weighted by molar-refractivity contribution is 7.91. The summed E-state index contributed by atoms with van der Waals surface area (Å²) in [5.74, 6) is 7.41. The molecule has 0 bridgehead atoms. The Bertz CT molecular complexity index is 299. The Balaban J connectivity index is 2.28. The Morgan fingerprint density at radius 2 is 2.06 bits per heavy atom. The standard InChI is InChI=1S/C11H24N2O2S/c1-3-16(14,15)8-4-5-11(13-12)9(2)10-6-7-10/h9-11,13H,3-8,12H2,1-2H3. The molecule has 0 amide bonds. The first-order valence-corrected chi connectivity index (χ1v) is 7.99. The van der Waals surface area contributed by atoms with Crippen LogP contribution in [0.25, 0.3) is 0 Å². The number of hydrazine groups is 1. The number of sulfone groups is 1. The van der Waals surface area contributed by atoms with Gasteiger partial charge in [0.15, 0.2) is 0 Å². The zero-order valence-electron chi connectivity index (χ0n) is 10.3. The van der Waals surface area contributed by atoms with E-state index in [9.17, 15) is 8.42 Å². The van der Waals surface area contributed by atoms with Crippen LogP contribution in [0, 0.1) is 11.8 Å². The normalized spacial score (nSPS) is 20.7. The van der Waals surface area contributed by atoms with Crippen molar-refractivity contribution in [2.75, 3.05) is 11.5 Å². The van der Waals surface area contributed by atoms with Crippen LogP contribution in [0.15, 0.2) is 0 Å². The van der Waals surface area contributed by atoms with Crippen molar-refractivity contribution >= 4 is 9.84 Å². The summed E-state index contributed by atoms with van der Waals surface area (Å²) in [5.41, 5.74) is 2.83. The van der Waals surface area contributed by atoms with Crippen LogP contribution in [0.2, 0.25) is 0 Å². The van der Waals surface area contributed by atoms with Crippen molar-refractivity contribution in [3.8, 4) is 0 Å². The van der Waals surface area contributed by atoms with Crippen LogP contribution in [-0.4, -0.2) is 26.0 Å². The summed E-state index contributed by atoms with van der Waals surface area (Å²) in [5, 5.41) is 0. The molecule has 3 N–H and O–H groups in total. The molecular weight excluding hydrogens is 224 g/mol. The van der Waals surface area contributed by atoms with Crippen LogP contribution in [0.1, 0.15) is 39.5 Å². The van der Waals surface area contributed by atoms with Gasteiger partial charge in [0.1, 0.15) is 9.84 Å². The van der Waals surface area contributed by atoms with Crippen molar-refractivity contribution in [2.45, 2.75) is 45.6 Å². The molecule has 2 atom stereocenters. The minimum atomic E-state index is -2.82. The zero-order chi connectivity index (χ0) is 12.2. The molecule has 0 aromatic heterocycles. The first-order valence-electron chi connectivity index (χ1n) is 6.16. The molecule has 0 spiro atoms. The second-order valence-corrected chi connectivity index (χ2v) is 7.32. The number of nitrogens with one attached hydrogen (secondary N) is 1. The molecule has 1 fully saturated rings. The third-order valence-corrected chi connectivity index (χ3v) is 5.41. The molecule has 0 heterocycles. The van der Waals surface area contributed by atoms with Gasteiger partial charge in [-0.1, -0.05) is 13.8 Å². The maximum atomic E-state index is 11.3. The maximum absolute atomic E-state index is 11.3. The summed E-state index contributed by atoms with van der Waals surface area (Å²) in [6.45, 7) is 3.90. The van der Waals surface area contributed by atoms with Gasteiger partial charge in [-0.3, -0.25) is 11.3 Å². The number of hydrogen-bond acceptors (Lipinski definition) is 4. The molecule has 0 aromatic rings. The first-order chi connectivity index (χ1) is 7.50. The van der Waals surface area contributed by atoms with Crippen LogP contribution in [-0.2, 0) is 9.84 Å². The Hall–Kier alpha value is -0.130. The quantitative estimate of drug-likeness (QED) is 0.498. The number of nitrogens with two attached hydrogens (primary N) is 1. The lowest BCUT2D eigenvalue weighted by atomic mass is 9.94. The van der Waals surface area contributed by atoms with Gasteiger partial charge in [-0.05, 0) is 37.5 Å². The van der Waals surface area contributed by atoms with E-state index in [0.717, 1.165) is 12.3 Å². The van der Waals surface area contributed by atoms with Crippen molar-refractivity contribution in [1.82, 2.24) is 5.43 Å². The number of rotatable bonds is 8. The van der Waals surface area contributed by atoms with E-state index < -0.39 is 9.84 Å². The molecule has 1 saturated carbocycles. The van der Waals surface area contributed by atoms with Crippen molar-refractivity contribution < 1.29 is 8.42 Å². The fourth-order valence-corrected chi connectivity index (χ4v) is 3.01. The lowest BCUT2D eigenvalue weighted by Crippen LogP contribution is -2.41. The Morgan fingerprint density at radius 3 is 2.50 bits per heavy atom. The average Bonchev–Trinajstić information content (AvgIpc) is 3.07. The molecule has 0 saturated heterocycles. The monoisotopic (exact) mass is 248 g/mol. The van der Waals surface area contributed by atoms with Crippen molar-refractivity contribution in [1.29, 1.82) is 0 Å². The summed E-state index contributed by atoms with van der Waals surface area (Å²) in [7, 11) is -2.82. The molecule has 2 unspecified atom stereocenters. The Morgan fingerprint density at radius 1 is 1.44 bits per heavy atom. The third kappa shape index (κ3) is 4.39. The fourth-order valence-electron chi connectivity index (χ4n) is 2.12. The average molecular weight is 248 g/mol. The second kappa shape index (κ2) is 5.98. The van der Waals surface area contributed by atoms with Crippen molar-refractivity contribution in [2.24, 2.45) is 17.7 Å². The molecule has 4 nitrogen and oxygen atoms in total. The second-order valence-electron chi connectivity index (χ2n) is 4.85. The van der Waals surface area contributed by atoms with Gasteiger partial charge in [0.25, 0.3) is 0 Å². The Kier molecular flexibility index (Phi) is 5.21. The summed E-state index contributed by atoms with van der Waals surface area (Å²) in [4.78, 5) is 0. The van der Waals surface area contributed by atoms with Crippen LogP contribution in [0.4, 0.5) is 0 Å². The van der Waals surface area contributed by atoms with E-state index in [1.807, 2.05) is 0 Å². The molecule has 5 heteroatoms. The maximum Gasteiger partial charge on any atom is 0.150 e. The van der Waals surface area contributed by atoms with E-state index in [1.54, 1.807) is 6.92 Å². The lowest BCUT2D eigenvalue weighted by molar-refractivity contribution is 0.326. The Labute approximate surface area is 98.9 Å². The van der Waals surface area contributed by atoms with E-state index in [0.29, 0.717) is 18.1 Å². The van der Waals surface area contributed by atoms with Crippen molar-refractivity contribution in [3.05, 3.63) is 0 Å². The molecule has 16 heavy (non-hydrogen) atoms. The van der Waals surface area contributed by atoms with Gasteiger partial charge in [-0.2, -0.15) is 0 Å². The highest BCUT2D eigenvalue weighted by Gasteiger charge is 2.32. The predicted octanol–water partition coefficient (Wildman–Crippen LogP) is 1.08. The lowest BCUT2D eigenvalue weighted by Gasteiger charge is -2.22. The van der Waals surface area contributed by atoms with Crippen LogP contribution < -0.4 is 11.3 Å². The molecule has 0 aromatic carbocycles. The van der Waals surface area contributed by atoms with E-state index in [-0.39, 0.29) is 11.8 Å². The van der Waals surface area contributed by atoms with Crippen molar-refractivity contribution in [3.63, 3.8) is 0 Å². The van der Waals surface area contributed by atoms with Gasteiger partial charge in [-0.15, -0.1) is 0 Å². The molecular formula is C11H24N2O2S. The van der Waals surface area contributed by atoms with Gasteiger partial charge in [-0.25, -0.2) is 8.42 Å². The highest BCUT2D eigenvalue weighted by Crippen LogP contribution is 2.38. The molecule has 1 rings (SSSR count). The first kappa shape index (κ1) is 13.9. The van der Waals surface area contributed by atoms with Gasteiger partial charge >= 0.3 is 0 Å². The molecule has 96 valence electrons. The van der Waals surface area contributed by atoms with Gasteiger partial charge in [0.05, 0.1) is 5.75 Å². The van der Waals surface area contributed by atoms with E-state index >= 15 is 0 Å². The van der Waals surface area contributed by atoms with Gasteiger partial charge in [0, 0.05) is 11.8 Å². The summed E-state index contributed by atoms with van der Waals surface area (Å²) in [6.07, 6.45) is 4.16. The summed E-state index contributed by atoms with van der Waals surface area (Å²) in [6, 6.07) is 0.263. The largest absolute Gasteiger partial charge is 0.271 e. The smallest absolute Gasteiger partial charge is 0.150 e. The van der Waals surface area contributed by atoms with Crippen LogP contribution in [0.5, 0.6) is 0 Å². The topological polar surface area (TPSA) is 72.2 Å². The number of hydrogen-bond donors (Lipinski definition) is 2. The van der Waals surface area contributed by atoms with Crippen LogP contribution >= 0.6 is 0 Å². The third-order valence-electron chi connectivity index (χ3n) is 3.62. The molecule has 0 aliphatic heterocycles. The molecule has 0 radical (unpaired) electrons. The summed E-state index contributed by atoms with van der Waals surface area (Å²) < 4.78 is 22.7. The summed E-state index contributed by atoms with van der Waals surface area (Å²) >= 11 is 0.